The van der Waals surface area contributed by atoms with E-state index in [0.717, 1.165) is 6.07 Å². The van der Waals surface area contributed by atoms with Gasteiger partial charge in [-0.15, -0.1) is 0 Å². The highest BCUT2D eigenvalue weighted by Crippen LogP contribution is 2.15. The van der Waals surface area contributed by atoms with Gasteiger partial charge in [-0.05, 0) is 6.07 Å². The van der Waals surface area contributed by atoms with Crippen molar-refractivity contribution in [3.05, 3.63) is 35.1 Å². The van der Waals surface area contributed by atoms with Gasteiger partial charge in [0.15, 0.2) is 11.6 Å². The summed E-state index contributed by atoms with van der Waals surface area (Å²) in [4.78, 5) is 20.9. The summed E-state index contributed by atoms with van der Waals surface area (Å²) in [7, 11) is 0. The molecule has 0 aliphatic rings. The van der Waals surface area contributed by atoms with E-state index in [2.05, 4.69) is 0 Å². The van der Waals surface area contributed by atoms with E-state index < -0.39 is 36.1 Å². The molecule has 0 saturated carbocycles. The molecule has 2 nitrogen and oxygen atoms in total. The maximum atomic E-state index is 13.0. The third-order valence-electron chi connectivity index (χ3n) is 1.77. The highest BCUT2D eigenvalue weighted by Gasteiger charge is 2.13. The number of ketones is 1. The van der Waals surface area contributed by atoms with Crippen LogP contribution >= 0.6 is 0 Å². The summed E-state index contributed by atoms with van der Waals surface area (Å²) in [5, 5.41) is 0. The van der Waals surface area contributed by atoms with E-state index in [1.54, 1.807) is 0 Å². The van der Waals surface area contributed by atoms with Gasteiger partial charge in [0.05, 0.1) is 6.42 Å². The van der Waals surface area contributed by atoms with Crippen LogP contribution in [0.2, 0.25) is 0 Å². The van der Waals surface area contributed by atoms with Crippen LogP contribution in [0.4, 0.5) is 13.2 Å². The lowest BCUT2D eigenvalue weighted by Gasteiger charge is -2.02. The topological polar surface area (TPSA) is 34.1 Å². The van der Waals surface area contributed by atoms with E-state index in [0.29, 0.717) is 12.4 Å². The summed E-state index contributed by atoms with van der Waals surface area (Å²) >= 11 is 0. The molecule has 0 saturated heterocycles. The van der Waals surface area contributed by atoms with Gasteiger partial charge in [-0.3, -0.25) is 4.79 Å². The zero-order chi connectivity index (χ0) is 11.4. The molecule has 1 aromatic carbocycles. The van der Waals surface area contributed by atoms with E-state index in [-0.39, 0.29) is 5.56 Å². The van der Waals surface area contributed by atoms with Gasteiger partial charge >= 0.3 is 0 Å². The molecule has 0 aliphatic carbocycles. The lowest BCUT2D eigenvalue weighted by molar-refractivity contribution is -0.121. The minimum absolute atomic E-state index is 0.357. The first-order valence-corrected chi connectivity index (χ1v) is 4.13. The minimum Gasteiger partial charge on any atom is -0.303 e. The average Bonchev–Trinajstić information content (AvgIpc) is 2.13. The predicted molar refractivity (Wildman–Crippen MR) is 45.7 cm³/mol. The molecule has 80 valence electrons. The third kappa shape index (κ3) is 2.90. The smallest absolute Gasteiger partial charge is 0.162 e. The first-order valence-electron chi connectivity index (χ1n) is 4.13. The SMILES string of the molecule is O=CCC(=O)Cc1cc(F)cc(F)c1F. The summed E-state index contributed by atoms with van der Waals surface area (Å²) in [5.41, 5.74) is -0.376. The Morgan fingerprint density at radius 2 is 1.93 bits per heavy atom. The van der Waals surface area contributed by atoms with Gasteiger partial charge in [0, 0.05) is 18.1 Å². The predicted octanol–water partition coefficient (Wildman–Crippen LogP) is 1.80. The highest BCUT2D eigenvalue weighted by molar-refractivity contribution is 5.91. The summed E-state index contributed by atoms with van der Waals surface area (Å²) in [6, 6.07) is 1.13. The maximum absolute atomic E-state index is 13.0. The summed E-state index contributed by atoms with van der Waals surface area (Å²) in [6.07, 6.45) is -0.521. The Balaban J connectivity index is 2.94. The van der Waals surface area contributed by atoms with Gasteiger partial charge in [-0.2, -0.15) is 0 Å². The van der Waals surface area contributed by atoms with Crippen molar-refractivity contribution >= 4 is 12.1 Å². The van der Waals surface area contributed by atoms with Gasteiger partial charge in [-0.25, -0.2) is 13.2 Å². The van der Waals surface area contributed by atoms with Crippen LogP contribution in [-0.4, -0.2) is 12.1 Å². The van der Waals surface area contributed by atoms with E-state index in [4.69, 9.17) is 0 Å². The molecule has 0 unspecified atom stereocenters. The van der Waals surface area contributed by atoms with Gasteiger partial charge < -0.3 is 4.79 Å². The fourth-order valence-corrected chi connectivity index (χ4v) is 1.12. The quantitative estimate of drug-likeness (QED) is 0.437. The molecule has 0 radical (unpaired) electrons. The van der Waals surface area contributed by atoms with Crippen molar-refractivity contribution < 1.29 is 22.8 Å². The molecule has 1 aromatic rings. The number of aldehydes is 1. The summed E-state index contributed by atoms with van der Waals surface area (Å²) < 4.78 is 38.3. The van der Waals surface area contributed by atoms with Crippen LogP contribution in [0.3, 0.4) is 0 Å². The number of carbonyl (C=O) groups is 2. The molecule has 0 aromatic heterocycles. The molecule has 0 N–H and O–H groups in total. The number of Topliss-reactive ketones (excluding diaryl/α,β-unsaturated/α-hetero) is 1. The van der Waals surface area contributed by atoms with Crippen LogP contribution in [0.25, 0.3) is 0 Å². The summed E-state index contributed by atoms with van der Waals surface area (Å²) in [5.74, 6) is -4.14. The molecule has 15 heavy (non-hydrogen) atoms. The van der Waals surface area contributed by atoms with Crippen molar-refractivity contribution in [1.29, 1.82) is 0 Å². The van der Waals surface area contributed by atoms with Crippen LogP contribution < -0.4 is 0 Å². The van der Waals surface area contributed by atoms with Crippen LogP contribution in [0.15, 0.2) is 12.1 Å². The number of halogens is 3. The molecule has 0 spiro atoms. The second-order valence-electron chi connectivity index (χ2n) is 2.95. The second kappa shape index (κ2) is 4.72. The maximum Gasteiger partial charge on any atom is 0.162 e. The lowest BCUT2D eigenvalue weighted by atomic mass is 10.1. The highest BCUT2D eigenvalue weighted by atomic mass is 19.2. The Hall–Kier alpha value is -1.65. The number of hydrogen-bond acceptors (Lipinski definition) is 2. The molecular formula is C10H7F3O2. The van der Waals surface area contributed by atoms with Crippen molar-refractivity contribution in [3.8, 4) is 0 Å². The van der Waals surface area contributed by atoms with E-state index in [9.17, 15) is 22.8 Å². The second-order valence-corrected chi connectivity index (χ2v) is 2.95. The Morgan fingerprint density at radius 1 is 1.27 bits per heavy atom. The normalized spacial score (nSPS) is 10.1. The standard InChI is InChI=1S/C10H7F3O2/c11-7-3-6(4-8(15)1-2-14)10(13)9(12)5-7/h2-3,5H,1,4H2. The van der Waals surface area contributed by atoms with Gasteiger partial charge in [0.25, 0.3) is 0 Å². The third-order valence-corrected chi connectivity index (χ3v) is 1.77. The number of carbonyl (C=O) groups excluding carboxylic acids is 2. The number of benzene rings is 1. The largest absolute Gasteiger partial charge is 0.303 e. The molecule has 0 heterocycles. The van der Waals surface area contributed by atoms with E-state index in [1.165, 1.54) is 0 Å². The van der Waals surface area contributed by atoms with Gasteiger partial charge in [-0.1, -0.05) is 0 Å². The van der Waals surface area contributed by atoms with Crippen LogP contribution in [0.5, 0.6) is 0 Å². The molecule has 0 aliphatic heterocycles. The summed E-state index contributed by atoms with van der Waals surface area (Å²) in [6.45, 7) is 0. The van der Waals surface area contributed by atoms with Crippen LogP contribution in [-0.2, 0) is 16.0 Å². The van der Waals surface area contributed by atoms with Gasteiger partial charge in [0.2, 0.25) is 0 Å². The first kappa shape index (κ1) is 11.4. The average molecular weight is 216 g/mol. The van der Waals surface area contributed by atoms with Crippen molar-refractivity contribution in [1.82, 2.24) is 0 Å². The molecule has 0 fully saturated rings. The molecular weight excluding hydrogens is 209 g/mol. The van der Waals surface area contributed by atoms with Crippen LogP contribution in [0, 0.1) is 17.5 Å². The van der Waals surface area contributed by atoms with Crippen molar-refractivity contribution in [3.63, 3.8) is 0 Å². The lowest BCUT2D eigenvalue weighted by Crippen LogP contribution is -2.06. The Morgan fingerprint density at radius 3 is 2.53 bits per heavy atom. The zero-order valence-electron chi connectivity index (χ0n) is 7.60. The van der Waals surface area contributed by atoms with E-state index >= 15 is 0 Å². The molecule has 1 rings (SSSR count). The fourth-order valence-electron chi connectivity index (χ4n) is 1.12. The van der Waals surface area contributed by atoms with Crippen molar-refractivity contribution in [2.24, 2.45) is 0 Å². The molecule has 5 heteroatoms. The van der Waals surface area contributed by atoms with Crippen LogP contribution in [0.1, 0.15) is 12.0 Å². The monoisotopic (exact) mass is 216 g/mol. The minimum atomic E-state index is -1.34. The van der Waals surface area contributed by atoms with E-state index in [1.807, 2.05) is 0 Å². The van der Waals surface area contributed by atoms with Gasteiger partial charge in [0.1, 0.15) is 17.9 Å². The van der Waals surface area contributed by atoms with Crippen molar-refractivity contribution in [2.75, 3.05) is 0 Å². The number of hydrogen-bond donors (Lipinski definition) is 0. The Bertz CT molecular complexity index is 402. The first-order chi connectivity index (χ1) is 7.04. The number of rotatable bonds is 4. The molecule has 0 bridgehead atoms. The van der Waals surface area contributed by atoms with Crippen molar-refractivity contribution in [2.45, 2.75) is 12.8 Å². The Labute approximate surface area is 83.7 Å². The zero-order valence-corrected chi connectivity index (χ0v) is 7.60. The fraction of sp³-hybridized carbons (Fsp3) is 0.200. The molecule has 0 amide bonds. The molecule has 0 atom stereocenters. The Kier molecular flexibility index (Phi) is 3.60.